The fourth-order valence-electron chi connectivity index (χ4n) is 2.49. The highest BCUT2D eigenvalue weighted by molar-refractivity contribution is 6.19. The standard InChI is InChI=1S/C12H27ClNO.ClH/c1-5-8-14(9-6-2,10-11(4)15)12(13)7-3;/h11-12,15H,5-10H2,1-4H3;1H/q+1;/p-1. The van der Waals surface area contributed by atoms with Crippen LogP contribution in [0.5, 0.6) is 0 Å². The van der Waals surface area contributed by atoms with Gasteiger partial charge in [-0.2, -0.15) is 0 Å². The summed E-state index contributed by atoms with van der Waals surface area (Å²) in [7, 11) is 0. The smallest absolute Gasteiger partial charge is 0.164 e. The first kappa shape index (κ1) is 18.9. The average molecular weight is 272 g/mol. The molecule has 0 fully saturated rings. The summed E-state index contributed by atoms with van der Waals surface area (Å²) in [6.45, 7) is 11.3. The summed E-state index contributed by atoms with van der Waals surface area (Å²) in [5.41, 5.74) is 0.138. The van der Waals surface area contributed by atoms with E-state index in [4.69, 9.17) is 11.6 Å². The lowest BCUT2D eigenvalue weighted by atomic mass is 10.2. The first-order valence-electron chi connectivity index (χ1n) is 6.20. The molecular weight excluding hydrogens is 245 g/mol. The molecule has 2 nitrogen and oxygen atoms in total. The van der Waals surface area contributed by atoms with Crippen LogP contribution >= 0.6 is 11.6 Å². The Morgan fingerprint density at radius 2 is 1.56 bits per heavy atom. The van der Waals surface area contributed by atoms with Gasteiger partial charge in [-0.25, -0.2) is 0 Å². The van der Waals surface area contributed by atoms with Crippen molar-refractivity contribution in [3.63, 3.8) is 0 Å². The minimum absolute atomic E-state index is 0. The third kappa shape index (κ3) is 5.72. The van der Waals surface area contributed by atoms with E-state index >= 15 is 0 Å². The molecule has 4 heteroatoms. The van der Waals surface area contributed by atoms with E-state index in [1.165, 1.54) is 0 Å². The van der Waals surface area contributed by atoms with Gasteiger partial charge < -0.3 is 22.0 Å². The molecular formula is C12H27Cl2NO. The number of hydrogen-bond donors (Lipinski definition) is 1. The lowest BCUT2D eigenvalue weighted by Crippen LogP contribution is -3.00. The second-order valence-corrected chi connectivity index (χ2v) is 5.04. The zero-order chi connectivity index (χ0) is 11.9. The van der Waals surface area contributed by atoms with Gasteiger partial charge in [-0.1, -0.05) is 32.4 Å². The number of quaternary nitrogens is 1. The van der Waals surface area contributed by atoms with Gasteiger partial charge >= 0.3 is 0 Å². The quantitative estimate of drug-likeness (QED) is 0.374. The maximum atomic E-state index is 9.61. The van der Waals surface area contributed by atoms with Gasteiger partial charge in [0.25, 0.3) is 0 Å². The molecule has 0 aromatic rings. The Bertz CT molecular complexity index is 159. The van der Waals surface area contributed by atoms with E-state index in [0.29, 0.717) is 0 Å². The number of halogens is 2. The van der Waals surface area contributed by atoms with Crippen molar-refractivity contribution in [2.45, 2.75) is 58.6 Å². The molecule has 0 saturated heterocycles. The van der Waals surface area contributed by atoms with Crippen LogP contribution in [0.3, 0.4) is 0 Å². The molecule has 0 amide bonds. The maximum Gasteiger partial charge on any atom is 0.164 e. The molecule has 0 rings (SSSR count). The van der Waals surface area contributed by atoms with Gasteiger partial charge in [0, 0.05) is 6.42 Å². The predicted molar refractivity (Wildman–Crippen MR) is 67.1 cm³/mol. The van der Waals surface area contributed by atoms with Crippen LogP contribution in [0.2, 0.25) is 0 Å². The van der Waals surface area contributed by atoms with Gasteiger partial charge in [-0.3, -0.25) is 0 Å². The van der Waals surface area contributed by atoms with Gasteiger partial charge in [-0.05, 0) is 19.8 Å². The Labute approximate surface area is 112 Å². The molecule has 0 spiro atoms. The van der Waals surface area contributed by atoms with E-state index in [0.717, 1.165) is 43.4 Å². The number of rotatable bonds is 8. The lowest BCUT2D eigenvalue weighted by Gasteiger charge is -2.42. The average Bonchev–Trinajstić information content (AvgIpc) is 2.16. The van der Waals surface area contributed by atoms with Gasteiger partial charge in [-0.15, -0.1) is 0 Å². The highest BCUT2D eigenvalue weighted by atomic mass is 35.5. The van der Waals surface area contributed by atoms with Crippen molar-refractivity contribution >= 4 is 11.6 Å². The summed E-state index contributed by atoms with van der Waals surface area (Å²) in [4.78, 5) is 0. The van der Waals surface area contributed by atoms with E-state index in [1.54, 1.807) is 0 Å². The number of alkyl halides is 1. The van der Waals surface area contributed by atoms with E-state index < -0.39 is 0 Å². The molecule has 0 bridgehead atoms. The normalized spacial score (nSPS) is 15.4. The molecule has 1 N–H and O–H groups in total. The molecule has 0 radical (unpaired) electrons. The molecule has 0 aliphatic rings. The summed E-state index contributed by atoms with van der Waals surface area (Å²) in [6.07, 6.45) is 2.94. The van der Waals surface area contributed by atoms with E-state index in [2.05, 4.69) is 20.8 Å². The lowest BCUT2D eigenvalue weighted by molar-refractivity contribution is -0.942. The molecule has 100 valence electrons. The van der Waals surface area contributed by atoms with Crippen molar-refractivity contribution in [3.05, 3.63) is 0 Å². The van der Waals surface area contributed by atoms with Crippen molar-refractivity contribution in [2.24, 2.45) is 0 Å². The summed E-state index contributed by atoms with van der Waals surface area (Å²) in [5.74, 6) is 0. The molecule has 2 atom stereocenters. The first-order chi connectivity index (χ1) is 7.02. The largest absolute Gasteiger partial charge is 1.00 e. The second kappa shape index (κ2) is 9.52. The molecule has 0 aromatic heterocycles. The number of nitrogens with zero attached hydrogens (tertiary/aromatic N) is 1. The van der Waals surface area contributed by atoms with Crippen LogP contribution in [0.25, 0.3) is 0 Å². The number of hydrogen-bond acceptors (Lipinski definition) is 1. The number of aliphatic hydroxyl groups excluding tert-OH is 1. The van der Waals surface area contributed by atoms with E-state index in [9.17, 15) is 5.11 Å². The highest BCUT2D eigenvalue weighted by Crippen LogP contribution is 2.23. The zero-order valence-electron chi connectivity index (χ0n) is 11.0. The Kier molecular flexibility index (Phi) is 11.2. The highest BCUT2D eigenvalue weighted by Gasteiger charge is 2.34. The SMILES string of the molecule is CCC[N+](CCC)(CC(C)O)C(Cl)CC.[Cl-]. The molecule has 0 aromatic carbocycles. The molecule has 0 aliphatic carbocycles. The molecule has 0 aliphatic heterocycles. The Hall–Kier alpha value is 0.500. The zero-order valence-corrected chi connectivity index (χ0v) is 12.6. The van der Waals surface area contributed by atoms with Crippen molar-refractivity contribution in [2.75, 3.05) is 19.6 Å². The maximum absolute atomic E-state index is 9.61. The first-order valence-corrected chi connectivity index (χ1v) is 6.63. The summed E-state index contributed by atoms with van der Waals surface area (Å²) < 4.78 is 0.864. The Morgan fingerprint density at radius 3 is 1.81 bits per heavy atom. The second-order valence-electron chi connectivity index (χ2n) is 4.54. The van der Waals surface area contributed by atoms with Gasteiger partial charge in [0.05, 0.1) is 13.1 Å². The van der Waals surface area contributed by atoms with Crippen molar-refractivity contribution in [3.8, 4) is 0 Å². The topological polar surface area (TPSA) is 20.2 Å². The third-order valence-electron chi connectivity index (χ3n) is 2.90. The van der Waals surface area contributed by atoms with E-state index in [1.807, 2.05) is 6.92 Å². The molecule has 0 heterocycles. The van der Waals surface area contributed by atoms with Crippen LogP contribution < -0.4 is 12.4 Å². The Balaban J connectivity index is 0. The molecule has 16 heavy (non-hydrogen) atoms. The summed E-state index contributed by atoms with van der Waals surface area (Å²) >= 11 is 6.45. The van der Waals surface area contributed by atoms with Gasteiger partial charge in [0.1, 0.15) is 12.6 Å². The number of aliphatic hydroxyl groups is 1. The fourth-order valence-corrected chi connectivity index (χ4v) is 2.77. The van der Waals surface area contributed by atoms with Gasteiger partial charge in [0.15, 0.2) is 5.50 Å². The monoisotopic (exact) mass is 271 g/mol. The predicted octanol–water partition coefficient (Wildman–Crippen LogP) is -0.0171. The third-order valence-corrected chi connectivity index (χ3v) is 3.62. The minimum atomic E-state index is -0.268. The van der Waals surface area contributed by atoms with Gasteiger partial charge in [0.2, 0.25) is 0 Å². The van der Waals surface area contributed by atoms with Crippen molar-refractivity contribution in [1.29, 1.82) is 0 Å². The van der Waals surface area contributed by atoms with Crippen LogP contribution in [-0.2, 0) is 0 Å². The van der Waals surface area contributed by atoms with E-state index in [-0.39, 0.29) is 24.0 Å². The summed E-state index contributed by atoms with van der Waals surface area (Å²) in [5, 5.41) is 9.61. The van der Waals surface area contributed by atoms with Crippen molar-refractivity contribution < 1.29 is 22.0 Å². The van der Waals surface area contributed by atoms with Crippen LogP contribution in [0.4, 0.5) is 0 Å². The Morgan fingerprint density at radius 1 is 1.12 bits per heavy atom. The molecule has 0 saturated carbocycles. The van der Waals surface area contributed by atoms with Crippen LogP contribution in [0.1, 0.15) is 47.0 Å². The van der Waals surface area contributed by atoms with Crippen LogP contribution in [-0.4, -0.2) is 40.8 Å². The fraction of sp³-hybridized carbons (Fsp3) is 1.00. The molecule has 2 unspecified atom stereocenters. The minimum Gasteiger partial charge on any atom is -1.00 e. The van der Waals surface area contributed by atoms with Crippen LogP contribution in [0.15, 0.2) is 0 Å². The summed E-state index contributed by atoms with van der Waals surface area (Å²) in [6, 6.07) is 0. The van der Waals surface area contributed by atoms with Crippen molar-refractivity contribution in [1.82, 2.24) is 0 Å². The van der Waals surface area contributed by atoms with Crippen LogP contribution in [0, 0.1) is 0 Å².